The highest BCUT2D eigenvalue weighted by Gasteiger charge is 2.23. The molecule has 2 amide bonds. The Morgan fingerprint density at radius 1 is 1.35 bits per heavy atom. The summed E-state index contributed by atoms with van der Waals surface area (Å²) in [6, 6.07) is 0.181. The van der Waals surface area contributed by atoms with Crippen molar-refractivity contribution in [1.29, 1.82) is 0 Å². The van der Waals surface area contributed by atoms with Gasteiger partial charge in [-0.05, 0) is 26.7 Å². The van der Waals surface area contributed by atoms with Gasteiger partial charge in [-0.25, -0.2) is 0 Å². The van der Waals surface area contributed by atoms with Crippen molar-refractivity contribution in [3.63, 3.8) is 0 Å². The number of hydrogen-bond donors (Lipinski definition) is 2. The zero-order valence-electron chi connectivity index (χ0n) is 11.0. The first-order valence-corrected chi connectivity index (χ1v) is 6.12. The Bertz CT molecular complexity index is 289. The number of nitrogens with two attached hydrogens (primary N) is 1. The summed E-state index contributed by atoms with van der Waals surface area (Å²) < 4.78 is 0. The first-order chi connectivity index (χ1) is 7.78. The van der Waals surface area contributed by atoms with Crippen LogP contribution in [0.5, 0.6) is 0 Å². The average Bonchev–Trinajstić information content (AvgIpc) is 2.15. The molecule has 1 heterocycles. The molecular weight excluding hydrogens is 218 g/mol. The summed E-state index contributed by atoms with van der Waals surface area (Å²) in [5.41, 5.74) is 5.32. The lowest BCUT2D eigenvalue weighted by Gasteiger charge is -2.32. The Hall–Kier alpha value is -1.10. The van der Waals surface area contributed by atoms with Crippen molar-refractivity contribution in [3.05, 3.63) is 0 Å². The van der Waals surface area contributed by atoms with Crippen LogP contribution < -0.4 is 11.1 Å². The Balaban J connectivity index is 2.31. The van der Waals surface area contributed by atoms with Gasteiger partial charge >= 0.3 is 0 Å². The van der Waals surface area contributed by atoms with Crippen LogP contribution in [0.3, 0.4) is 0 Å². The molecule has 98 valence electrons. The molecule has 1 fully saturated rings. The number of hydrogen-bond acceptors (Lipinski definition) is 3. The number of nitrogens with one attached hydrogen (secondary N) is 1. The number of nitrogens with zero attached hydrogens (tertiary/aromatic N) is 1. The molecule has 5 nitrogen and oxygen atoms in total. The van der Waals surface area contributed by atoms with E-state index in [4.69, 9.17) is 5.73 Å². The molecule has 0 aromatic carbocycles. The number of carbonyl (C=O) groups excluding carboxylic acids is 2. The van der Waals surface area contributed by atoms with Gasteiger partial charge in [0.25, 0.3) is 0 Å². The summed E-state index contributed by atoms with van der Waals surface area (Å²) in [7, 11) is 0. The maximum atomic E-state index is 11.7. The maximum absolute atomic E-state index is 11.7. The normalized spacial score (nSPS) is 18.0. The van der Waals surface area contributed by atoms with E-state index in [1.807, 2.05) is 18.7 Å². The quantitative estimate of drug-likeness (QED) is 0.743. The molecule has 3 N–H and O–H groups in total. The molecule has 5 heteroatoms. The Morgan fingerprint density at radius 2 is 1.88 bits per heavy atom. The van der Waals surface area contributed by atoms with E-state index < -0.39 is 5.54 Å². The molecule has 1 rings (SSSR count). The summed E-state index contributed by atoms with van der Waals surface area (Å²) in [6.45, 7) is 6.71. The van der Waals surface area contributed by atoms with E-state index in [0.717, 1.165) is 25.9 Å². The third-order valence-electron chi connectivity index (χ3n) is 2.92. The van der Waals surface area contributed by atoms with E-state index in [-0.39, 0.29) is 17.9 Å². The molecule has 0 unspecified atom stereocenters. The van der Waals surface area contributed by atoms with Gasteiger partial charge in [-0.1, -0.05) is 0 Å². The predicted octanol–water partition coefficient (Wildman–Crippen LogP) is 0.241. The van der Waals surface area contributed by atoms with E-state index >= 15 is 0 Å². The maximum Gasteiger partial charge on any atom is 0.222 e. The fraction of sp³-hybridized carbons (Fsp3) is 0.833. The summed E-state index contributed by atoms with van der Waals surface area (Å²) >= 11 is 0. The van der Waals surface area contributed by atoms with Crippen molar-refractivity contribution >= 4 is 11.8 Å². The molecule has 0 saturated carbocycles. The van der Waals surface area contributed by atoms with Gasteiger partial charge in [0.1, 0.15) is 0 Å². The summed E-state index contributed by atoms with van der Waals surface area (Å²) in [4.78, 5) is 24.6. The van der Waals surface area contributed by atoms with Crippen molar-refractivity contribution in [2.24, 2.45) is 5.73 Å². The molecule has 0 aliphatic carbocycles. The fourth-order valence-corrected chi connectivity index (χ4v) is 2.03. The molecular formula is C12H23N3O2. The molecule has 0 aromatic heterocycles. The number of piperidine rings is 1. The first-order valence-electron chi connectivity index (χ1n) is 6.12. The monoisotopic (exact) mass is 241 g/mol. The molecule has 0 bridgehead atoms. The second kappa shape index (κ2) is 5.49. The average molecular weight is 241 g/mol. The van der Waals surface area contributed by atoms with E-state index in [0.29, 0.717) is 6.42 Å². The second-order valence-electron chi connectivity index (χ2n) is 5.51. The van der Waals surface area contributed by atoms with Gasteiger partial charge in [0.2, 0.25) is 11.8 Å². The zero-order chi connectivity index (χ0) is 13.1. The van der Waals surface area contributed by atoms with Crippen LogP contribution >= 0.6 is 0 Å². The molecule has 1 aliphatic rings. The van der Waals surface area contributed by atoms with Crippen molar-refractivity contribution in [1.82, 2.24) is 10.2 Å². The first kappa shape index (κ1) is 14.0. The largest absolute Gasteiger partial charge is 0.353 e. The third kappa shape index (κ3) is 5.17. The van der Waals surface area contributed by atoms with Crippen LogP contribution in [0.25, 0.3) is 0 Å². The van der Waals surface area contributed by atoms with Crippen LogP contribution in [0.4, 0.5) is 0 Å². The zero-order valence-corrected chi connectivity index (χ0v) is 11.0. The molecule has 0 radical (unpaired) electrons. The van der Waals surface area contributed by atoms with Crippen molar-refractivity contribution < 1.29 is 9.59 Å². The van der Waals surface area contributed by atoms with Crippen LogP contribution in [0, 0.1) is 0 Å². The van der Waals surface area contributed by atoms with Gasteiger partial charge in [-0.2, -0.15) is 0 Å². The van der Waals surface area contributed by atoms with Crippen LogP contribution in [0.15, 0.2) is 0 Å². The van der Waals surface area contributed by atoms with Crippen molar-refractivity contribution in [3.8, 4) is 0 Å². The number of rotatable bonds is 3. The molecule has 0 aromatic rings. The topological polar surface area (TPSA) is 75.4 Å². The minimum Gasteiger partial charge on any atom is -0.353 e. The third-order valence-corrected chi connectivity index (χ3v) is 2.92. The number of amides is 2. The fourth-order valence-electron chi connectivity index (χ4n) is 2.03. The SMILES string of the molecule is CC(=O)N1CCC(NC(=O)CC(C)(C)N)CC1. The summed E-state index contributed by atoms with van der Waals surface area (Å²) in [6.07, 6.45) is 1.99. The van der Waals surface area contributed by atoms with Crippen LogP contribution in [-0.2, 0) is 9.59 Å². The van der Waals surface area contributed by atoms with E-state index in [1.165, 1.54) is 0 Å². The molecule has 17 heavy (non-hydrogen) atoms. The van der Waals surface area contributed by atoms with Gasteiger partial charge in [0, 0.05) is 38.0 Å². The van der Waals surface area contributed by atoms with E-state index in [1.54, 1.807) is 6.92 Å². The molecule has 1 aliphatic heterocycles. The lowest BCUT2D eigenvalue weighted by Crippen LogP contribution is -2.48. The van der Waals surface area contributed by atoms with Crippen LogP contribution in [-0.4, -0.2) is 41.4 Å². The molecule has 0 spiro atoms. The Kier molecular flexibility index (Phi) is 4.51. The minimum atomic E-state index is -0.468. The second-order valence-corrected chi connectivity index (χ2v) is 5.51. The lowest BCUT2D eigenvalue weighted by molar-refractivity contribution is -0.130. The molecule has 1 saturated heterocycles. The number of likely N-dealkylation sites (tertiary alicyclic amines) is 1. The van der Waals surface area contributed by atoms with Gasteiger partial charge in [-0.15, -0.1) is 0 Å². The van der Waals surface area contributed by atoms with Crippen molar-refractivity contribution in [2.45, 2.75) is 51.6 Å². The van der Waals surface area contributed by atoms with Gasteiger partial charge in [-0.3, -0.25) is 9.59 Å². The smallest absolute Gasteiger partial charge is 0.222 e. The lowest BCUT2D eigenvalue weighted by atomic mass is 10.00. The highest BCUT2D eigenvalue weighted by atomic mass is 16.2. The predicted molar refractivity (Wildman–Crippen MR) is 66.3 cm³/mol. The Morgan fingerprint density at radius 3 is 2.29 bits per heavy atom. The highest BCUT2D eigenvalue weighted by molar-refractivity contribution is 5.77. The Labute approximate surface area is 103 Å². The minimum absolute atomic E-state index is 0.00113. The van der Waals surface area contributed by atoms with Gasteiger partial charge in [0.05, 0.1) is 0 Å². The van der Waals surface area contributed by atoms with Crippen LogP contribution in [0.2, 0.25) is 0 Å². The summed E-state index contributed by atoms with van der Waals surface area (Å²) in [5, 5.41) is 2.98. The van der Waals surface area contributed by atoms with E-state index in [2.05, 4.69) is 5.32 Å². The summed E-state index contributed by atoms with van der Waals surface area (Å²) in [5.74, 6) is 0.108. The highest BCUT2D eigenvalue weighted by Crippen LogP contribution is 2.11. The van der Waals surface area contributed by atoms with Crippen LogP contribution in [0.1, 0.15) is 40.0 Å². The van der Waals surface area contributed by atoms with Gasteiger partial charge < -0.3 is 16.0 Å². The standard InChI is InChI=1S/C12H23N3O2/c1-9(16)15-6-4-10(5-7-15)14-11(17)8-12(2,3)13/h10H,4-8,13H2,1-3H3,(H,14,17). The molecule has 0 atom stereocenters. The number of carbonyl (C=O) groups is 2. The van der Waals surface area contributed by atoms with E-state index in [9.17, 15) is 9.59 Å². The van der Waals surface area contributed by atoms with Gasteiger partial charge in [0.15, 0.2) is 0 Å². The van der Waals surface area contributed by atoms with Crippen molar-refractivity contribution in [2.75, 3.05) is 13.1 Å².